The van der Waals surface area contributed by atoms with Crippen molar-refractivity contribution in [3.05, 3.63) is 11.3 Å². The molecule has 2 fully saturated rings. The number of thioether (sulfide) groups is 1. The maximum Gasteiger partial charge on any atom is 0.260 e. The Morgan fingerprint density at radius 3 is 2.62 bits per heavy atom. The normalized spacial score (nSPS) is 20.8. The molecule has 0 spiro atoms. The molecule has 1 aliphatic heterocycles. The maximum absolute atomic E-state index is 12.6. The van der Waals surface area contributed by atoms with Crippen LogP contribution in [-0.2, 0) is 16.6 Å². The van der Waals surface area contributed by atoms with Crippen molar-refractivity contribution in [2.75, 3.05) is 11.5 Å². The Hall–Kier alpha value is -0.570. The molecule has 21 heavy (non-hydrogen) atoms. The highest BCUT2D eigenvalue weighted by molar-refractivity contribution is 7.99. The molecule has 1 aromatic heterocycles. The van der Waals surface area contributed by atoms with Crippen LogP contribution in [0.1, 0.15) is 36.9 Å². The Labute approximate surface area is 129 Å². The second-order valence-electron chi connectivity index (χ2n) is 5.80. The van der Waals surface area contributed by atoms with Gasteiger partial charge in [-0.05, 0) is 44.1 Å². The van der Waals surface area contributed by atoms with Gasteiger partial charge in [-0.25, -0.2) is 13.1 Å². The summed E-state index contributed by atoms with van der Waals surface area (Å²) in [5.41, 5.74) is 1.59. The molecule has 0 aromatic carbocycles. The summed E-state index contributed by atoms with van der Waals surface area (Å²) < 4.78 is 28.0. The Balaban J connectivity index is 1.73. The van der Waals surface area contributed by atoms with E-state index in [4.69, 9.17) is 0 Å². The zero-order valence-corrected chi connectivity index (χ0v) is 13.8. The highest BCUT2D eigenvalue weighted by atomic mass is 32.2. The molecule has 118 valence electrons. The third-order valence-corrected chi connectivity index (χ3v) is 6.52. The van der Waals surface area contributed by atoms with Gasteiger partial charge in [-0.15, -0.1) is 0 Å². The lowest BCUT2D eigenvalue weighted by Crippen LogP contribution is -2.38. The monoisotopic (exact) mass is 330 g/mol. The van der Waals surface area contributed by atoms with Gasteiger partial charge in [-0.3, -0.25) is 5.10 Å². The molecule has 3 rings (SSSR count). The minimum Gasteiger partial charge on any atom is -0.310 e. The van der Waals surface area contributed by atoms with E-state index in [2.05, 4.69) is 20.2 Å². The number of rotatable bonds is 6. The lowest BCUT2D eigenvalue weighted by atomic mass is 10.2. The quantitative estimate of drug-likeness (QED) is 0.728. The number of hydrogen-bond donors (Lipinski definition) is 3. The number of hydrogen-bond acceptors (Lipinski definition) is 5. The topological polar surface area (TPSA) is 86.9 Å². The lowest BCUT2D eigenvalue weighted by molar-refractivity contribution is 0.524. The second kappa shape index (κ2) is 6.28. The van der Waals surface area contributed by atoms with Crippen LogP contribution in [0, 0.1) is 6.92 Å². The van der Waals surface area contributed by atoms with Gasteiger partial charge in [-0.2, -0.15) is 16.9 Å². The standard InChI is InChI=1S/C13H22N4O2S2/c1-9-12(8-14-10-2-3-10)13(16-15-9)21(18,19)17-11-4-6-20-7-5-11/h10-11,14,17H,2-8H2,1H3,(H,15,16). The number of nitrogens with one attached hydrogen (secondary N) is 3. The van der Waals surface area contributed by atoms with Crippen LogP contribution in [0.3, 0.4) is 0 Å². The van der Waals surface area contributed by atoms with Gasteiger partial charge in [0, 0.05) is 29.9 Å². The molecule has 6 nitrogen and oxygen atoms in total. The van der Waals surface area contributed by atoms with Crippen LogP contribution in [-0.4, -0.2) is 42.2 Å². The fraction of sp³-hybridized carbons (Fsp3) is 0.769. The summed E-state index contributed by atoms with van der Waals surface area (Å²) in [6.45, 7) is 2.43. The molecule has 0 bridgehead atoms. The first-order valence-corrected chi connectivity index (χ1v) is 10.1. The number of aryl methyl sites for hydroxylation is 1. The minimum atomic E-state index is -3.54. The van der Waals surface area contributed by atoms with Crippen LogP contribution in [0.2, 0.25) is 0 Å². The fourth-order valence-electron chi connectivity index (χ4n) is 2.48. The summed E-state index contributed by atoms with van der Waals surface area (Å²) in [5.74, 6) is 2.03. The molecule has 1 saturated carbocycles. The van der Waals surface area contributed by atoms with Crippen molar-refractivity contribution in [1.82, 2.24) is 20.2 Å². The maximum atomic E-state index is 12.6. The van der Waals surface area contributed by atoms with Gasteiger partial charge in [0.05, 0.1) is 0 Å². The molecule has 0 radical (unpaired) electrons. The highest BCUT2D eigenvalue weighted by Crippen LogP contribution is 2.23. The number of H-pyrrole nitrogens is 1. The van der Waals surface area contributed by atoms with Gasteiger partial charge < -0.3 is 5.32 Å². The minimum absolute atomic E-state index is 0.0393. The van der Waals surface area contributed by atoms with Crippen LogP contribution < -0.4 is 10.0 Å². The third kappa shape index (κ3) is 3.80. The first-order valence-electron chi connectivity index (χ1n) is 7.43. The number of aromatic nitrogens is 2. The molecule has 0 atom stereocenters. The molecule has 3 N–H and O–H groups in total. The van der Waals surface area contributed by atoms with Crippen LogP contribution in [0.4, 0.5) is 0 Å². The van der Waals surface area contributed by atoms with Gasteiger partial charge in [-0.1, -0.05) is 0 Å². The molecule has 8 heteroatoms. The largest absolute Gasteiger partial charge is 0.310 e. The molecule has 2 aliphatic rings. The third-order valence-electron chi connectivity index (χ3n) is 3.98. The van der Waals surface area contributed by atoms with E-state index in [1.165, 1.54) is 12.8 Å². The van der Waals surface area contributed by atoms with Crippen LogP contribution in [0.15, 0.2) is 5.03 Å². The van der Waals surface area contributed by atoms with Crippen molar-refractivity contribution in [1.29, 1.82) is 0 Å². The first-order chi connectivity index (χ1) is 10.1. The van der Waals surface area contributed by atoms with E-state index >= 15 is 0 Å². The summed E-state index contributed by atoms with van der Waals surface area (Å²) >= 11 is 1.88. The summed E-state index contributed by atoms with van der Waals surface area (Å²) in [5, 5.41) is 10.4. The molecule has 1 aliphatic carbocycles. The summed E-state index contributed by atoms with van der Waals surface area (Å²) in [6, 6.07) is 0.579. The average molecular weight is 330 g/mol. The van der Waals surface area contributed by atoms with Crippen molar-refractivity contribution in [3.63, 3.8) is 0 Å². The zero-order valence-electron chi connectivity index (χ0n) is 12.2. The predicted octanol–water partition coefficient (Wildman–Crippen LogP) is 1.14. The van der Waals surface area contributed by atoms with Gasteiger partial charge >= 0.3 is 0 Å². The molecular formula is C13H22N4O2S2. The van der Waals surface area contributed by atoms with Crippen LogP contribution in [0.5, 0.6) is 0 Å². The molecular weight excluding hydrogens is 308 g/mol. The fourth-order valence-corrected chi connectivity index (χ4v) is 5.09. The first kappa shape index (κ1) is 15.3. The number of sulfonamides is 1. The van der Waals surface area contributed by atoms with Crippen LogP contribution >= 0.6 is 11.8 Å². The predicted molar refractivity (Wildman–Crippen MR) is 83.9 cm³/mol. The SMILES string of the molecule is Cc1[nH]nc(S(=O)(=O)NC2CCSCC2)c1CNC1CC1. The summed E-state index contributed by atoms with van der Waals surface area (Å²) in [4.78, 5) is 0. The molecule has 2 heterocycles. The highest BCUT2D eigenvalue weighted by Gasteiger charge is 2.28. The van der Waals surface area contributed by atoms with Crippen molar-refractivity contribution in [2.45, 2.75) is 56.3 Å². The van der Waals surface area contributed by atoms with Crippen molar-refractivity contribution >= 4 is 21.8 Å². The van der Waals surface area contributed by atoms with Gasteiger partial charge in [0.15, 0.2) is 5.03 Å². The molecule has 1 saturated heterocycles. The Kier molecular flexibility index (Phi) is 4.58. The molecule has 0 unspecified atom stereocenters. The Morgan fingerprint density at radius 2 is 1.95 bits per heavy atom. The van der Waals surface area contributed by atoms with E-state index in [-0.39, 0.29) is 11.1 Å². The van der Waals surface area contributed by atoms with E-state index < -0.39 is 10.0 Å². The molecule has 1 aromatic rings. The Morgan fingerprint density at radius 1 is 1.24 bits per heavy atom. The lowest BCUT2D eigenvalue weighted by Gasteiger charge is -2.22. The Bertz CT molecular complexity index is 589. The zero-order chi connectivity index (χ0) is 14.9. The van der Waals surface area contributed by atoms with Crippen molar-refractivity contribution in [2.24, 2.45) is 0 Å². The van der Waals surface area contributed by atoms with Crippen LogP contribution in [0.25, 0.3) is 0 Å². The summed E-state index contributed by atoms with van der Waals surface area (Å²) in [7, 11) is -3.54. The van der Waals surface area contributed by atoms with Gasteiger partial charge in [0.1, 0.15) is 0 Å². The second-order valence-corrected chi connectivity index (χ2v) is 8.65. The average Bonchev–Trinajstić information content (AvgIpc) is 3.20. The molecule has 0 amide bonds. The van der Waals surface area contributed by atoms with Crippen molar-refractivity contribution in [3.8, 4) is 0 Å². The van der Waals surface area contributed by atoms with E-state index in [1.807, 2.05) is 18.7 Å². The van der Waals surface area contributed by atoms with Gasteiger partial charge in [0.2, 0.25) is 0 Å². The van der Waals surface area contributed by atoms with Gasteiger partial charge in [0.25, 0.3) is 10.0 Å². The van der Waals surface area contributed by atoms with E-state index in [0.29, 0.717) is 12.6 Å². The number of nitrogens with zero attached hydrogens (tertiary/aromatic N) is 1. The van der Waals surface area contributed by atoms with Crippen molar-refractivity contribution < 1.29 is 8.42 Å². The van der Waals surface area contributed by atoms with E-state index in [9.17, 15) is 8.42 Å². The smallest absolute Gasteiger partial charge is 0.260 e. The number of aromatic amines is 1. The summed E-state index contributed by atoms with van der Waals surface area (Å²) in [6.07, 6.45) is 4.14. The van der Waals surface area contributed by atoms with E-state index in [0.717, 1.165) is 35.6 Å². The van der Waals surface area contributed by atoms with E-state index in [1.54, 1.807) is 0 Å².